The summed E-state index contributed by atoms with van der Waals surface area (Å²) >= 11 is 12.3. The van der Waals surface area contributed by atoms with Crippen LogP contribution in [0.3, 0.4) is 0 Å². The number of nitro groups is 1. The van der Waals surface area contributed by atoms with Crippen LogP contribution in [0.5, 0.6) is 10.8 Å². The van der Waals surface area contributed by atoms with Crippen LogP contribution in [0.25, 0.3) is 0 Å². The largest absolute Gasteiger partial charge is 0.440 e. The Morgan fingerprint density at radius 3 is 2.43 bits per heavy atom. The van der Waals surface area contributed by atoms with E-state index < -0.39 is 20.4 Å². The van der Waals surface area contributed by atoms with Gasteiger partial charge in [-0.3, -0.25) is 10.1 Å². The van der Waals surface area contributed by atoms with Crippen molar-refractivity contribution in [3.63, 3.8) is 0 Å². The molecule has 1 aromatic carbocycles. The number of benzene rings is 1. The van der Waals surface area contributed by atoms with Crippen LogP contribution in [0.15, 0.2) is 28.5 Å². The number of ether oxygens (including phenoxy) is 1. The highest BCUT2D eigenvalue weighted by atomic mass is 35.5. The maximum absolute atomic E-state index is 11.5. The van der Waals surface area contributed by atoms with Gasteiger partial charge in [-0.1, -0.05) is 34.5 Å². The average molecular weight is 368 g/mol. The Balaban J connectivity index is 2.45. The van der Waals surface area contributed by atoms with Crippen molar-refractivity contribution in [2.45, 2.75) is 4.21 Å². The van der Waals surface area contributed by atoms with Crippen molar-refractivity contribution in [1.82, 2.24) is 0 Å². The number of sulfone groups is 1. The summed E-state index contributed by atoms with van der Waals surface area (Å²) in [7, 11) is -3.56. The van der Waals surface area contributed by atoms with Crippen LogP contribution in [0.1, 0.15) is 0 Å². The van der Waals surface area contributed by atoms with Crippen molar-refractivity contribution < 1.29 is 18.1 Å². The van der Waals surface area contributed by atoms with Gasteiger partial charge in [0.05, 0.1) is 15.0 Å². The molecule has 0 spiro atoms. The fourth-order valence-corrected chi connectivity index (χ4v) is 3.55. The summed E-state index contributed by atoms with van der Waals surface area (Å²) in [4.78, 5) is 10.3. The molecule has 112 valence electrons. The lowest BCUT2D eigenvalue weighted by molar-refractivity contribution is -0.385. The molecule has 0 aliphatic carbocycles. The predicted octanol–water partition coefficient (Wildman–Crippen LogP) is 4.16. The van der Waals surface area contributed by atoms with E-state index in [2.05, 4.69) is 0 Å². The van der Waals surface area contributed by atoms with Crippen molar-refractivity contribution >= 4 is 50.1 Å². The Kier molecular flexibility index (Phi) is 4.43. The van der Waals surface area contributed by atoms with E-state index in [-0.39, 0.29) is 20.0 Å². The number of hydrogen-bond acceptors (Lipinski definition) is 6. The number of thiophene rings is 1. The summed E-state index contributed by atoms with van der Waals surface area (Å²) in [6.07, 6.45) is 0.964. The average Bonchev–Trinajstić information content (AvgIpc) is 2.78. The smallest absolute Gasteiger partial charge is 0.324 e. The first kappa shape index (κ1) is 16.0. The third kappa shape index (κ3) is 3.65. The van der Waals surface area contributed by atoms with Gasteiger partial charge >= 0.3 is 5.69 Å². The van der Waals surface area contributed by atoms with Crippen molar-refractivity contribution in [2.75, 3.05) is 6.26 Å². The topological polar surface area (TPSA) is 86.5 Å². The van der Waals surface area contributed by atoms with Gasteiger partial charge in [-0.2, -0.15) is 0 Å². The van der Waals surface area contributed by atoms with Crippen LogP contribution in [0, 0.1) is 10.1 Å². The maximum Gasteiger partial charge on any atom is 0.324 e. The van der Waals surface area contributed by atoms with Gasteiger partial charge in [0.25, 0.3) is 5.06 Å². The molecule has 0 aliphatic rings. The molecule has 0 bridgehead atoms. The Bertz CT molecular complexity index is 816. The van der Waals surface area contributed by atoms with Crippen molar-refractivity contribution in [3.8, 4) is 10.8 Å². The normalized spacial score (nSPS) is 11.4. The minimum absolute atomic E-state index is 0.140. The zero-order chi connectivity index (χ0) is 15.8. The third-order valence-electron chi connectivity index (χ3n) is 2.32. The van der Waals surface area contributed by atoms with Crippen LogP contribution in [-0.2, 0) is 9.84 Å². The summed E-state index contributed by atoms with van der Waals surface area (Å²) in [6, 6.07) is 5.29. The van der Waals surface area contributed by atoms with Crippen molar-refractivity contribution in [1.29, 1.82) is 0 Å². The number of halogens is 2. The van der Waals surface area contributed by atoms with Gasteiger partial charge < -0.3 is 4.74 Å². The fraction of sp³-hybridized carbons (Fsp3) is 0.0909. The second-order valence-electron chi connectivity index (χ2n) is 3.95. The molecule has 0 saturated carbocycles. The molecule has 0 aliphatic heterocycles. The monoisotopic (exact) mass is 367 g/mol. The van der Waals surface area contributed by atoms with Gasteiger partial charge in [0.2, 0.25) is 0 Å². The van der Waals surface area contributed by atoms with E-state index in [0.29, 0.717) is 16.4 Å². The summed E-state index contributed by atoms with van der Waals surface area (Å²) < 4.78 is 28.1. The summed E-state index contributed by atoms with van der Waals surface area (Å²) in [5.74, 6) is 0.217. The van der Waals surface area contributed by atoms with E-state index in [1.165, 1.54) is 18.2 Å². The van der Waals surface area contributed by atoms with Gasteiger partial charge in [-0.15, -0.1) is 0 Å². The summed E-state index contributed by atoms with van der Waals surface area (Å²) in [5.41, 5.74) is -0.425. The standard InChI is InChI=1S/C11H7Cl2NO5S2/c1-21(17,18)10-5-9(14(15)16)11(20-10)19-6-2-3-7(12)8(13)4-6/h2-5H,1H3. The molecule has 0 fully saturated rings. The minimum Gasteiger partial charge on any atom is -0.440 e. The molecule has 0 radical (unpaired) electrons. The molecule has 1 aromatic heterocycles. The Morgan fingerprint density at radius 2 is 1.90 bits per heavy atom. The Morgan fingerprint density at radius 1 is 1.24 bits per heavy atom. The molecule has 0 unspecified atom stereocenters. The van der Waals surface area contributed by atoms with Gasteiger partial charge in [0.1, 0.15) is 9.96 Å². The highest BCUT2D eigenvalue weighted by Crippen LogP contribution is 2.42. The molecule has 10 heteroatoms. The van der Waals surface area contributed by atoms with E-state index in [4.69, 9.17) is 27.9 Å². The quantitative estimate of drug-likeness (QED) is 0.597. The van der Waals surface area contributed by atoms with Crippen LogP contribution in [0.4, 0.5) is 5.69 Å². The van der Waals surface area contributed by atoms with Crippen LogP contribution < -0.4 is 4.74 Å². The summed E-state index contributed by atoms with van der Waals surface area (Å²) in [6.45, 7) is 0. The molecule has 2 aromatic rings. The molecule has 0 amide bonds. The molecular formula is C11H7Cl2NO5S2. The summed E-state index contributed by atoms with van der Waals surface area (Å²) in [5, 5.41) is 11.3. The molecular weight excluding hydrogens is 361 g/mol. The molecule has 0 atom stereocenters. The third-order valence-corrected chi connectivity index (χ3v) is 5.86. The van der Waals surface area contributed by atoms with Crippen molar-refractivity contribution in [3.05, 3.63) is 44.4 Å². The van der Waals surface area contributed by atoms with Gasteiger partial charge in [0.15, 0.2) is 9.84 Å². The lowest BCUT2D eigenvalue weighted by Crippen LogP contribution is -1.92. The Labute approximate surface area is 133 Å². The van der Waals surface area contributed by atoms with Crippen molar-refractivity contribution in [2.24, 2.45) is 0 Å². The number of nitrogens with zero attached hydrogens (tertiary/aromatic N) is 1. The van der Waals surface area contributed by atoms with E-state index in [9.17, 15) is 18.5 Å². The number of hydrogen-bond donors (Lipinski definition) is 0. The van der Waals surface area contributed by atoms with Crippen LogP contribution in [-0.4, -0.2) is 19.6 Å². The first-order chi connectivity index (χ1) is 9.68. The fourth-order valence-electron chi connectivity index (χ4n) is 1.37. The number of rotatable bonds is 4. The van der Waals surface area contributed by atoms with E-state index in [1.54, 1.807) is 0 Å². The highest BCUT2D eigenvalue weighted by Gasteiger charge is 2.25. The zero-order valence-electron chi connectivity index (χ0n) is 10.4. The van der Waals surface area contributed by atoms with Gasteiger partial charge in [0, 0.05) is 18.4 Å². The van der Waals surface area contributed by atoms with Gasteiger partial charge in [-0.05, 0) is 12.1 Å². The molecule has 0 N–H and O–H groups in total. The molecule has 1 heterocycles. The SMILES string of the molecule is CS(=O)(=O)c1cc([N+](=O)[O-])c(Oc2ccc(Cl)c(Cl)c2)s1. The maximum atomic E-state index is 11.5. The van der Waals surface area contributed by atoms with Gasteiger partial charge in [-0.25, -0.2) is 8.42 Å². The van der Waals surface area contributed by atoms with E-state index in [0.717, 1.165) is 12.3 Å². The zero-order valence-corrected chi connectivity index (χ0v) is 13.5. The van der Waals surface area contributed by atoms with Crippen LogP contribution >= 0.6 is 34.5 Å². The first-order valence-electron chi connectivity index (χ1n) is 5.29. The Hall–Kier alpha value is -1.35. The lowest BCUT2D eigenvalue weighted by atomic mass is 10.3. The second kappa shape index (κ2) is 5.80. The lowest BCUT2D eigenvalue weighted by Gasteiger charge is -2.03. The molecule has 21 heavy (non-hydrogen) atoms. The van der Waals surface area contributed by atoms with Crippen LogP contribution in [0.2, 0.25) is 10.0 Å². The first-order valence-corrected chi connectivity index (χ1v) is 8.76. The predicted molar refractivity (Wildman–Crippen MR) is 80.6 cm³/mol. The molecule has 0 saturated heterocycles. The van der Waals surface area contributed by atoms with E-state index >= 15 is 0 Å². The second-order valence-corrected chi connectivity index (χ2v) is 8.02. The molecule has 6 nitrogen and oxygen atoms in total. The van der Waals surface area contributed by atoms with E-state index in [1.807, 2.05) is 0 Å². The highest BCUT2D eigenvalue weighted by molar-refractivity contribution is 7.92. The molecule has 2 rings (SSSR count). The minimum atomic E-state index is -3.56.